The highest BCUT2D eigenvalue weighted by atomic mass is 35.5. The molecular formula is C17H15ClN2O2S. The fourth-order valence-electron chi connectivity index (χ4n) is 2.64. The Bertz CT molecular complexity index is 959. The molecule has 0 fully saturated rings. The summed E-state index contributed by atoms with van der Waals surface area (Å²) >= 11 is 7.07. The van der Waals surface area contributed by atoms with Crippen LogP contribution in [0.25, 0.3) is 10.9 Å². The largest absolute Gasteiger partial charge is 0.322 e. The molecule has 2 N–H and O–H groups in total. The van der Waals surface area contributed by atoms with Gasteiger partial charge in [-0.15, -0.1) is 11.3 Å². The monoisotopic (exact) mass is 346 g/mol. The van der Waals surface area contributed by atoms with E-state index in [2.05, 4.69) is 10.3 Å². The number of anilines is 1. The molecule has 3 aromatic rings. The minimum absolute atomic E-state index is 0.0778. The Morgan fingerprint density at radius 2 is 2.09 bits per heavy atom. The van der Waals surface area contributed by atoms with Crippen molar-refractivity contribution in [3.63, 3.8) is 0 Å². The standard InChI is InChI=1S/C17H15ClN2O2S/c1-3-11-9(2)12-5-4-10(8-13(12)20-16(11)21)19-17(22)14-6-7-15(18)23-14/h4-8H,3H2,1-2H3,(H,19,22)(H,20,21). The van der Waals surface area contributed by atoms with Crippen LogP contribution in [0.15, 0.2) is 35.1 Å². The van der Waals surface area contributed by atoms with Gasteiger partial charge in [-0.3, -0.25) is 9.59 Å². The zero-order valence-electron chi connectivity index (χ0n) is 12.7. The summed E-state index contributed by atoms with van der Waals surface area (Å²) in [6, 6.07) is 8.89. The van der Waals surface area contributed by atoms with Crippen molar-refractivity contribution in [1.29, 1.82) is 0 Å². The average Bonchev–Trinajstić information content (AvgIpc) is 2.94. The molecule has 1 amide bonds. The highest BCUT2D eigenvalue weighted by molar-refractivity contribution is 7.18. The fourth-order valence-corrected chi connectivity index (χ4v) is 3.58. The molecule has 0 saturated carbocycles. The van der Waals surface area contributed by atoms with Gasteiger partial charge in [0, 0.05) is 16.6 Å². The van der Waals surface area contributed by atoms with Crippen LogP contribution in [0.2, 0.25) is 4.34 Å². The van der Waals surface area contributed by atoms with Crippen LogP contribution in [0.3, 0.4) is 0 Å². The maximum absolute atomic E-state index is 12.2. The van der Waals surface area contributed by atoms with E-state index in [-0.39, 0.29) is 11.5 Å². The van der Waals surface area contributed by atoms with Crippen LogP contribution >= 0.6 is 22.9 Å². The number of aromatic nitrogens is 1. The molecule has 0 spiro atoms. The Hall–Kier alpha value is -2.11. The molecule has 2 heterocycles. The van der Waals surface area contributed by atoms with E-state index in [4.69, 9.17) is 11.6 Å². The fraction of sp³-hybridized carbons (Fsp3) is 0.176. The number of amides is 1. The van der Waals surface area contributed by atoms with Gasteiger partial charge in [-0.1, -0.05) is 24.6 Å². The lowest BCUT2D eigenvalue weighted by Gasteiger charge is -2.09. The van der Waals surface area contributed by atoms with E-state index in [1.165, 1.54) is 11.3 Å². The number of rotatable bonds is 3. The summed E-state index contributed by atoms with van der Waals surface area (Å²) in [5, 5.41) is 3.81. The van der Waals surface area contributed by atoms with Gasteiger partial charge < -0.3 is 10.3 Å². The van der Waals surface area contributed by atoms with Crippen LogP contribution in [0.4, 0.5) is 5.69 Å². The van der Waals surface area contributed by atoms with E-state index >= 15 is 0 Å². The first-order chi connectivity index (χ1) is 11.0. The van der Waals surface area contributed by atoms with Gasteiger partial charge in [-0.25, -0.2) is 0 Å². The molecule has 0 bridgehead atoms. The van der Waals surface area contributed by atoms with Crippen LogP contribution in [0, 0.1) is 6.92 Å². The zero-order valence-corrected chi connectivity index (χ0v) is 14.3. The molecule has 0 saturated heterocycles. The van der Waals surface area contributed by atoms with E-state index < -0.39 is 0 Å². The Balaban J connectivity index is 1.97. The van der Waals surface area contributed by atoms with E-state index in [0.717, 1.165) is 16.5 Å². The van der Waals surface area contributed by atoms with Crippen molar-refractivity contribution >= 4 is 45.4 Å². The molecule has 0 aliphatic heterocycles. The molecule has 0 aliphatic carbocycles. The highest BCUT2D eigenvalue weighted by Crippen LogP contribution is 2.24. The summed E-state index contributed by atoms with van der Waals surface area (Å²) in [5.74, 6) is -0.217. The van der Waals surface area contributed by atoms with Gasteiger partial charge in [-0.05, 0) is 43.2 Å². The predicted octanol–water partition coefficient (Wildman–Crippen LogP) is 4.37. The summed E-state index contributed by atoms with van der Waals surface area (Å²) in [6.45, 7) is 3.91. The molecular weight excluding hydrogens is 332 g/mol. The number of hydrogen-bond acceptors (Lipinski definition) is 3. The quantitative estimate of drug-likeness (QED) is 0.739. The topological polar surface area (TPSA) is 62.0 Å². The van der Waals surface area contributed by atoms with E-state index in [0.29, 0.717) is 26.8 Å². The Morgan fingerprint density at radius 1 is 1.30 bits per heavy atom. The summed E-state index contributed by atoms with van der Waals surface area (Å²) in [4.78, 5) is 27.7. The smallest absolute Gasteiger partial charge is 0.265 e. The molecule has 118 valence electrons. The first-order valence-corrected chi connectivity index (χ1v) is 8.41. The average molecular weight is 347 g/mol. The number of H-pyrrole nitrogens is 1. The summed E-state index contributed by atoms with van der Waals surface area (Å²) < 4.78 is 0.570. The van der Waals surface area contributed by atoms with Gasteiger partial charge in [0.05, 0.1) is 14.7 Å². The van der Waals surface area contributed by atoms with Crippen molar-refractivity contribution in [3.05, 3.63) is 61.0 Å². The van der Waals surface area contributed by atoms with Gasteiger partial charge >= 0.3 is 0 Å². The minimum Gasteiger partial charge on any atom is -0.322 e. The highest BCUT2D eigenvalue weighted by Gasteiger charge is 2.11. The number of pyridine rings is 1. The second-order valence-electron chi connectivity index (χ2n) is 5.23. The maximum atomic E-state index is 12.2. The predicted molar refractivity (Wildman–Crippen MR) is 96.0 cm³/mol. The molecule has 0 radical (unpaired) electrons. The van der Waals surface area contributed by atoms with Gasteiger partial charge in [0.25, 0.3) is 11.5 Å². The van der Waals surface area contributed by atoms with Crippen molar-refractivity contribution in [1.82, 2.24) is 4.98 Å². The van der Waals surface area contributed by atoms with Gasteiger partial charge in [0.1, 0.15) is 0 Å². The minimum atomic E-state index is -0.217. The Morgan fingerprint density at radius 3 is 2.74 bits per heavy atom. The number of thiophene rings is 1. The molecule has 1 aromatic carbocycles. The van der Waals surface area contributed by atoms with Crippen LogP contribution in [0.5, 0.6) is 0 Å². The zero-order chi connectivity index (χ0) is 16.6. The number of halogens is 1. The number of carbonyl (C=O) groups excluding carboxylic acids is 1. The first kappa shape index (κ1) is 15.8. The maximum Gasteiger partial charge on any atom is 0.265 e. The number of aryl methyl sites for hydroxylation is 1. The van der Waals surface area contributed by atoms with Gasteiger partial charge in [-0.2, -0.15) is 0 Å². The third-order valence-corrected chi connectivity index (χ3v) is 5.04. The summed E-state index contributed by atoms with van der Waals surface area (Å²) in [5.41, 5.74) is 3.04. The van der Waals surface area contributed by atoms with Gasteiger partial charge in [0.15, 0.2) is 0 Å². The van der Waals surface area contributed by atoms with Crippen molar-refractivity contribution in [2.45, 2.75) is 20.3 Å². The molecule has 0 unspecified atom stereocenters. The van der Waals surface area contributed by atoms with Crippen LogP contribution in [-0.4, -0.2) is 10.9 Å². The van der Waals surface area contributed by atoms with E-state index in [1.807, 2.05) is 26.0 Å². The van der Waals surface area contributed by atoms with Crippen molar-refractivity contribution in [2.75, 3.05) is 5.32 Å². The lowest BCUT2D eigenvalue weighted by Crippen LogP contribution is -2.14. The van der Waals surface area contributed by atoms with Crippen molar-refractivity contribution < 1.29 is 4.79 Å². The van der Waals surface area contributed by atoms with Crippen LogP contribution in [0.1, 0.15) is 27.7 Å². The normalized spacial score (nSPS) is 10.9. The van der Waals surface area contributed by atoms with Gasteiger partial charge in [0.2, 0.25) is 0 Å². The number of benzene rings is 1. The van der Waals surface area contributed by atoms with Crippen LogP contribution < -0.4 is 10.9 Å². The third-order valence-electron chi connectivity index (χ3n) is 3.81. The molecule has 4 nitrogen and oxygen atoms in total. The van der Waals surface area contributed by atoms with Crippen LogP contribution in [-0.2, 0) is 6.42 Å². The number of nitrogens with one attached hydrogen (secondary N) is 2. The van der Waals surface area contributed by atoms with E-state index in [9.17, 15) is 9.59 Å². The molecule has 0 aliphatic rings. The lowest BCUT2D eigenvalue weighted by molar-refractivity contribution is 0.103. The van der Waals surface area contributed by atoms with E-state index in [1.54, 1.807) is 18.2 Å². The number of carbonyl (C=O) groups is 1. The summed E-state index contributed by atoms with van der Waals surface area (Å²) in [7, 11) is 0. The third kappa shape index (κ3) is 3.02. The number of fused-ring (bicyclic) bond motifs is 1. The molecule has 3 rings (SSSR count). The molecule has 23 heavy (non-hydrogen) atoms. The second kappa shape index (κ2) is 6.18. The molecule has 0 atom stereocenters. The second-order valence-corrected chi connectivity index (χ2v) is 6.94. The number of aromatic amines is 1. The van der Waals surface area contributed by atoms with Crippen molar-refractivity contribution in [2.24, 2.45) is 0 Å². The molecule has 2 aromatic heterocycles. The van der Waals surface area contributed by atoms with Crippen molar-refractivity contribution in [3.8, 4) is 0 Å². The number of hydrogen-bond donors (Lipinski definition) is 2. The summed E-state index contributed by atoms with van der Waals surface area (Å²) in [6.07, 6.45) is 0.689. The lowest BCUT2D eigenvalue weighted by atomic mass is 10.0. The Labute approximate surface area is 142 Å². The SMILES string of the molecule is CCc1c(C)c2ccc(NC(=O)c3ccc(Cl)s3)cc2[nH]c1=O. The Kier molecular flexibility index (Phi) is 4.24. The molecule has 6 heteroatoms. The first-order valence-electron chi connectivity index (χ1n) is 7.21.